The Morgan fingerprint density at radius 2 is 1.94 bits per heavy atom. The van der Waals surface area contributed by atoms with Gasteiger partial charge in [-0.05, 0) is 42.5 Å². The summed E-state index contributed by atoms with van der Waals surface area (Å²) in [7, 11) is 3.00. The highest BCUT2D eigenvalue weighted by Gasteiger charge is 2.23. The molecule has 12 heteroatoms. The number of anilines is 2. The number of aromatic amines is 1. The highest BCUT2D eigenvalue weighted by atomic mass is 16.5. The van der Waals surface area contributed by atoms with Crippen LogP contribution in [0.5, 0.6) is 11.6 Å². The molecule has 34 heavy (non-hydrogen) atoms. The fourth-order valence-corrected chi connectivity index (χ4v) is 3.33. The zero-order valence-electron chi connectivity index (χ0n) is 18.4. The number of hydrogen-bond acceptors (Lipinski definition) is 9. The lowest BCUT2D eigenvalue weighted by atomic mass is 10.1. The van der Waals surface area contributed by atoms with Crippen LogP contribution in [-0.2, 0) is 0 Å². The molecule has 0 bridgehead atoms. The van der Waals surface area contributed by atoms with E-state index in [4.69, 9.17) is 26.4 Å². The number of rotatable bonds is 8. The predicted octanol–water partition coefficient (Wildman–Crippen LogP) is 1.44. The number of ether oxygens (including phenoxy) is 2. The van der Waals surface area contributed by atoms with E-state index >= 15 is 0 Å². The monoisotopic (exact) mass is 461 g/mol. The van der Waals surface area contributed by atoms with Crippen LogP contribution >= 0.6 is 0 Å². The van der Waals surface area contributed by atoms with Crippen molar-refractivity contribution in [2.75, 3.05) is 25.3 Å². The van der Waals surface area contributed by atoms with Gasteiger partial charge in [0.25, 0.3) is 5.88 Å². The molecule has 4 rings (SSSR count). The molecule has 174 valence electrons. The van der Waals surface area contributed by atoms with Crippen LogP contribution in [0.4, 0.5) is 11.4 Å². The van der Waals surface area contributed by atoms with Crippen molar-refractivity contribution in [2.24, 2.45) is 5.73 Å². The van der Waals surface area contributed by atoms with E-state index in [0.717, 1.165) is 4.68 Å². The van der Waals surface area contributed by atoms with Crippen molar-refractivity contribution in [2.45, 2.75) is 6.04 Å². The third-order valence-corrected chi connectivity index (χ3v) is 5.02. The Hall–Kier alpha value is -4.87. The van der Waals surface area contributed by atoms with Gasteiger partial charge in [-0.2, -0.15) is 4.68 Å². The van der Waals surface area contributed by atoms with Crippen LogP contribution in [-0.4, -0.2) is 44.8 Å². The number of pyridine rings is 2. The van der Waals surface area contributed by atoms with Crippen molar-refractivity contribution in [3.05, 3.63) is 82.3 Å². The lowest BCUT2D eigenvalue weighted by Gasteiger charge is -2.19. The van der Waals surface area contributed by atoms with Crippen molar-refractivity contribution in [3.63, 3.8) is 0 Å². The number of amidine groups is 1. The molecule has 0 fully saturated rings. The molecule has 0 radical (unpaired) electrons. The first kappa shape index (κ1) is 22.3. The minimum Gasteiger partial charge on any atom is -0.491 e. The van der Waals surface area contributed by atoms with Gasteiger partial charge in [0, 0.05) is 29.2 Å². The molecule has 4 aromatic rings. The van der Waals surface area contributed by atoms with E-state index in [9.17, 15) is 4.79 Å². The van der Waals surface area contributed by atoms with Crippen LogP contribution in [0.25, 0.3) is 5.82 Å². The van der Waals surface area contributed by atoms with Crippen molar-refractivity contribution >= 4 is 17.2 Å². The van der Waals surface area contributed by atoms with Crippen LogP contribution in [0.1, 0.15) is 23.0 Å². The summed E-state index contributed by atoms with van der Waals surface area (Å²) in [6.07, 6.45) is 3.12. The number of nitrogens with two attached hydrogens (primary N) is 2. The molecule has 0 aliphatic rings. The minimum absolute atomic E-state index is 0.0387. The molecule has 7 N–H and O–H groups in total. The average Bonchev–Trinajstić information content (AvgIpc) is 3.23. The molecule has 0 saturated carbocycles. The Bertz CT molecular complexity index is 1380. The smallest absolute Gasteiger partial charge is 0.349 e. The second kappa shape index (κ2) is 9.32. The Morgan fingerprint density at radius 3 is 2.59 bits per heavy atom. The molecule has 0 spiro atoms. The quantitative estimate of drug-likeness (QED) is 0.191. The third kappa shape index (κ3) is 4.37. The van der Waals surface area contributed by atoms with E-state index in [0.29, 0.717) is 40.0 Å². The summed E-state index contributed by atoms with van der Waals surface area (Å²) >= 11 is 0. The van der Waals surface area contributed by atoms with Crippen LogP contribution in [0.15, 0.2) is 59.7 Å². The zero-order chi connectivity index (χ0) is 24.2. The maximum absolute atomic E-state index is 12.7. The molecule has 0 saturated heterocycles. The fourth-order valence-electron chi connectivity index (χ4n) is 3.33. The summed E-state index contributed by atoms with van der Waals surface area (Å²) in [5.74, 6) is 1.19. The first-order valence-electron chi connectivity index (χ1n) is 10.1. The van der Waals surface area contributed by atoms with Crippen molar-refractivity contribution < 1.29 is 9.47 Å². The fraction of sp³-hybridized carbons (Fsp3) is 0.136. The Kier molecular flexibility index (Phi) is 6.12. The summed E-state index contributed by atoms with van der Waals surface area (Å²) in [5, 5.41) is 15.4. The molecule has 0 aliphatic heterocycles. The number of nitrogens with one attached hydrogen (secondary N) is 3. The minimum atomic E-state index is -0.644. The second-order valence-corrected chi connectivity index (χ2v) is 7.19. The lowest BCUT2D eigenvalue weighted by Crippen LogP contribution is -2.18. The largest absolute Gasteiger partial charge is 0.491 e. The van der Waals surface area contributed by atoms with E-state index in [2.05, 4.69) is 25.4 Å². The number of benzene rings is 1. The summed E-state index contributed by atoms with van der Waals surface area (Å²) in [6, 6.07) is 11.4. The van der Waals surface area contributed by atoms with Crippen molar-refractivity contribution in [1.29, 1.82) is 5.41 Å². The van der Waals surface area contributed by atoms with E-state index in [1.54, 1.807) is 48.7 Å². The van der Waals surface area contributed by atoms with Crippen LogP contribution < -0.4 is 31.9 Å². The van der Waals surface area contributed by atoms with Crippen LogP contribution in [0.3, 0.4) is 0 Å². The summed E-state index contributed by atoms with van der Waals surface area (Å²) in [4.78, 5) is 24.0. The predicted molar refractivity (Wildman–Crippen MR) is 127 cm³/mol. The van der Waals surface area contributed by atoms with Crippen molar-refractivity contribution in [3.8, 4) is 17.4 Å². The van der Waals surface area contributed by atoms with Crippen LogP contribution in [0, 0.1) is 5.41 Å². The van der Waals surface area contributed by atoms with Gasteiger partial charge in [0.15, 0.2) is 17.4 Å². The second-order valence-electron chi connectivity index (χ2n) is 7.19. The topological polar surface area (TPSA) is 183 Å². The number of H-pyrrole nitrogens is 1. The normalized spacial score (nSPS) is 11.6. The Labute approximate surface area is 194 Å². The SMILES string of the molecule is COc1cc(C(Nc2ccc(C(=N)N)cc2)c2nn(-c3ncccc3N)c(=O)[nH]2)cnc1OC. The first-order valence-corrected chi connectivity index (χ1v) is 10.1. The summed E-state index contributed by atoms with van der Waals surface area (Å²) in [5.41, 5.74) is 13.3. The Balaban J connectivity index is 1.80. The summed E-state index contributed by atoms with van der Waals surface area (Å²) < 4.78 is 11.7. The highest BCUT2D eigenvalue weighted by molar-refractivity contribution is 5.95. The molecule has 3 heterocycles. The van der Waals surface area contributed by atoms with Gasteiger partial charge in [0.2, 0.25) is 0 Å². The molecule has 12 nitrogen and oxygen atoms in total. The lowest BCUT2D eigenvalue weighted by molar-refractivity contribution is 0.342. The highest BCUT2D eigenvalue weighted by Crippen LogP contribution is 2.31. The van der Waals surface area contributed by atoms with Crippen LogP contribution in [0.2, 0.25) is 0 Å². The summed E-state index contributed by atoms with van der Waals surface area (Å²) in [6.45, 7) is 0. The maximum Gasteiger partial charge on any atom is 0.349 e. The number of aromatic nitrogens is 5. The molecule has 1 unspecified atom stereocenters. The molecule has 1 atom stereocenters. The number of nitrogens with zero attached hydrogens (tertiary/aromatic N) is 4. The standard InChI is InChI=1S/C22H23N9O3/c1-33-16-10-13(11-27-21(16)34-2)17(28-14-7-5-12(6-8-14)18(24)25)19-29-22(32)31(30-19)20-15(23)4-3-9-26-20/h3-11,17,28H,23H2,1-2H3,(H3,24,25)(H,29,30,32). The maximum atomic E-state index is 12.7. The van der Waals surface area contributed by atoms with Gasteiger partial charge < -0.3 is 26.3 Å². The zero-order valence-corrected chi connectivity index (χ0v) is 18.4. The molecule has 1 aromatic carbocycles. The molecular weight excluding hydrogens is 438 g/mol. The van der Waals surface area contributed by atoms with Gasteiger partial charge in [0.1, 0.15) is 11.9 Å². The molecule has 3 aromatic heterocycles. The van der Waals surface area contributed by atoms with Crippen molar-refractivity contribution in [1.82, 2.24) is 24.7 Å². The van der Waals surface area contributed by atoms with Gasteiger partial charge in [-0.15, -0.1) is 5.10 Å². The number of hydrogen-bond donors (Lipinski definition) is 5. The number of nitrogen functional groups attached to an aromatic ring is 2. The van der Waals surface area contributed by atoms with Gasteiger partial charge in [-0.1, -0.05) is 0 Å². The van der Waals surface area contributed by atoms with E-state index in [1.165, 1.54) is 20.4 Å². The molecule has 0 amide bonds. The van der Waals surface area contributed by atoms with Gasteiger partial charge in [-0.25, -0.2) is 14.8 Å². The van der Waals surface area contributed by atoms with E-state index in [1.807, 2.05) is 0 Å². The Morgan fingerprint density at radius 1 is 1.18 bits per heavy atom. The van der Waals surface area contributed by atoms with E-state index < -0.39 is 11.7 Å². The third-order valence-electron chi connectivity index (χ3n) is 5.02. The molecular formula is C22H23N9O3. The average molecular weight is 461 g/mol. The molecule has 0 aliphatic carbocycles. The van der Waals surface area contributed by atoms with Gasteiger partial charge >= 0.3 is 5.69 Å². The first-order chi connectivity index (χ1) is 16.4. The van der Waals surface area contributed by atoms with Gasteiger partial charge in [-0.3, -0.25) is 10.4 Å². The van der Waals surface area contributed by atoms with E-state index in [-0.39, 0.29) is 11.7 Å². The number of methoxy groups -OCH3 is 2. The van der Waals surface area contributed by atoms with Gasteiger partial charge in [0.05, 0.1) is 19.9 Å².